The number of carboxylic acids is 1. The Morgan fingerprint density at radius 1 is 1.23 bits per heavy atom. The Balaban J connectivity index is 2.27. The van der Waals surface area contributed by atoms with Crippen LogP contribution in [0.25, 0.3) is 5.69 Å². The number of aromatic carboxylic acids is 1. The van der Waals surface area contributed by atoms with Crippen LogP contribution in [0.5, 0.6) is 0 Å². The molecule has 2 aromatic rings. The molecule has 0 radical (unpaired) electrons. The van der Waals surface area contributed by atoms with Gasteiger partial charge in [-0.05, 0) is 43.9 Å². The van der Waals surface area contributed by atoms with Crippen LogP contribution in [0, 0.1) is 0 Å². The molecule has 1 aromatic carbocycles. The summed E-state index contributed by atoms with van der Waals surface area (Å²) >= 11 is 0. The Morgan fingerprint density at radius 2 is 1.88 bits per heavy atom. The number of carboxylic acid groups (broad SMARTS) is 1. The van der Waals surface area contributed by atoms with Crippen molar-refractivity contribution in [1.82, 2.24) is 9.78 Å². The maximum atomic E-state index is 13.3. The maximum Gasteiger partial charge on any atom is 0.435 e. The molecule has 1 aliphatic carbocycles. The van der Waals surface area contributed by atoms with E-state index < -0.39 is 38.3 Å². The molecule has 0 spiro atoms. The van der Waals surface area contributed by atoms with Gasteiger partial charge < -0.3 is 5.11 Å². The largest absolute Gasteiger partial charge is 0.478 e. The lowest BCUT2D eigenvalue weighted by atomic mass is 9.95. The normalized spacial score (nSPS) is 14.9. The number of hydrogen-bond donors (Lipinski definition) is 2. The van der Waals surface area contributed by atoms with E-state index in [2.05, 4.69) is 5.10 Å². The number of alkyl halides is 3. The summed E-state index contributed by atoms with van der Waals surface area (Å²) in [5, 5.41) is 18.0. The lowest BCUT2D eigenvalue weighted by molar-refractivity contribution is -0.142. The second-order valence-electron chi connectivity index (χ2n) is 5.92. The molecule has 0 saturated heterocycles. The van der Waals surface area contributed by atoms with Crippen molar-refractivity contribution in [2.75, 3.05) is 0 Å². The van der Waals surface area contributed by atoms with Gasteiger partial charge in [-0.3, -0.25) is 0 Å². The van der Waals surface area contributed by atoms with E-state index in [-0.39, 0.29) is 23.4 Å². The SMILES string of the molecule is NS(=O)(=O)c1ccc(-n2nc(C(F)(F)F)c3c2CCCC3)c(C(=O)O)c1. The fourth-order valence-corrected chi connectivity index (χ4v) is 3.61. The van der Waals surface area contributed by atoms with Crippen LogP contribution < -0.4 is 5.14 Å². The number of sulfonamides is 1. The molecule has 3 N–H and O–H groups in total. The lowest BCUT2D eigenvalue weighted by Crippen LogP contribution is -2.16. The number of benzene rings is 1. The molecule has 1 aromatic heterocycles. The Kier molecular flexibility index (Phi) is 4.31. The average molecular weight is 389 g/mol. The Hall–Kier alpha value is -2.40. The summed E-state index contributed by atoms with van der Waals surface area (Å²) in [6, 6.07) is 2.96. The van der Waals surface area contributed by atoms with E-state index in [1.165, 1.54) is 0 Å². The molecule has 0 atom stereocenters. The third-order valence-corrected chi connectivity index (χ3v) is 5.11. The lowest BCUT2D eigenvalue weighted by Gasteiger charge is -2.16. The van der Waals surface area contributed by atoms with Crippen molar-refractivity contribution < 1.29 is 31.5 Å². The van der Waals surface area contributed by atoms with E-state index in [1.807, 2.05) is 0 Å². The first-order valence-electron chi connectivity index (χ1n) is 7.58. The van der Waals surface area contributed by atoms with Gasteiger partial charge in [0.25, 0.3) is 0 Å². The zero-order chi connectivity index (χ0) is 19.3. The van der Waals surface area contributed by atoms with Crippen molar-refractivity contribution in [1.29, 1.82) is 0 Å². The summed E-state index contributed by atoms with van der Waals surface area (Å²) in [6.45, 7) is 0. The molecule has 0 bridgehead atoms. The standard InChI is InChI=1S/C15H14F3N3O4S/c16-15(17,18)13-9-3-1-2-4-11(9)21(20-13)12-6-5-8(26(19,24)25)7-10(12)14(22)23/h5-7H,1-4H2,(H,22,23)(H2,19,24,25). The van der Waals surface area contributed by atoms with Gasteiger partial charge >= 0.3 is 12.1 Å². The summed E-state index contributed by atoms with van der Waals surface area (Å²) in [7, 11) is -4.17. The molecule has 1 aliphatic rings. The monoisotopic (exact) mass is 389 g/mol. The van der Waals surface area contributed by atoms with E-state index in [9.17, 15) is 31.5 Å². The number of primary sulfonamides is 1. The minimum Gasteiger partial charge on any atom is -0.478 e. The first-order chi connectivity index (χ1) is 12.0. The highest BCUT2D eigenvalue weighted by atomic mass is 32.2. The highest BCUT2D eigenvalue weighted by molar-refractivity contribution is 7.89. The topological polar surface area (TPSA) is 115 Å². The van der Waals surface area contributed by atoms with Crippen LogP contribution in [0.3, 0.4) is 0 Å². The number of halogens is 3. The molecule has 0 aliphatic heterocycles. The van der Waals surface area contributed by atoms with Gasteiger partial charge in [-0.15, -0.1) is 0 Å². The van der Waals surface area contributed by atoms with Gasteiger partial charge in [0.05, 0.1) is 16.1 Å². The van der Waals surface area contributed by atoms with E-state index in [0.29, 0.717) is 19.3 Å². The fraction of sp³-hybridized carbons (Fsp3) is 0.333. The number of hydrogen-bond acceptors (Lipinski definition) is 4. The molecule has 0 unspecified atom stereocenters. The molecule has 3 rings (SSSR count). The number of carbonyl (C=O) groups is 1. The summed E-state index contributed by atoms with van der Waals surface area (Å²) in [4.78, 5) is 11.1. The number of aromatic nitrogens is 2. The quantitative estimate of drug-likeness (QED) is 0.834. The van der Waals surface area contributed by atoms with Gasteiger partial charge in [0.1, 0.15) is 0 Å². The van der Waals surface area contributed by atoms with Crippen LogP contribution in [-0.2, 0) is 29.0 Å². The molecule has 0 saturated carbocycles. The highest BCUT2D eigenvalue weighted by Gasteiger charge is 2.40. The van der Waals surface area contributed by atoms with Gasteiger partial charge in [0, 0.05) is 11.3 Å². The van der Waals surface area contributed by atoms with Crippen LogP contribution in [0.15, 0.2) is 23.1 Å². The summed E-state index contributed by atoms with van der Waals surface area (Å²) in [6.07, 6.45) is -2.93. The Morgan fingerprint density at radius 3 is 2.46 bits per heavy atom. The van der Waals surface area contributed by atoms with Crippen molar-refractivity contribution in [3.05, 3.63) is 40.7 Å². The Labute approximate surface area is 146 Å². The minimum atomic E-state index is -4.67. The van der Waals surface area contributed by atoms with Crippen molar-refractivity contribution >= 4 is 16.0 Å². The van der Waals surface area contributed by atoms with Crippen molar-refractivity contribution in [3.8, 4) is 5.69 Å². The van der Waals surface area contributed by atoms with Crippen LogP contribution in [0.1, 0.15) is 40.2 Å². The zero-order valence-corrected chi connectivity index (χ0v) is 14.1. The molecule has 140 valence electrons. The number of nitrogens with two attached hydrogens (primary N) is 1. The average Bonchev–Trinajstić information content (AvgIpc) is 2.93. The molecule has 0 amide bonds. The fourth-order valence-electron chi connectivity index (χ4n) is 3.07. The number of rotatable bonds is 3. The predicted octanol–water partition coefficient (Wildman–Crippen LogP) is 2.12. The third kappa shape index (κ3) is 3.19. The molecule has 11 heteroatoms. The maximum absolute atomic E-state index is 13.3. The van der Waals surface area contributed by atoms with Crippen molar-refractivity contribution in [2.24, 2.45) is 5.14 Å². The molecule has 1 heterocycles. The summed E-state index contributed by atoms with van der Waals surface area (Å²) in [5.74, 6) is -1.50. The van der Waals surface area contributed by atoms with E-state index >= 15 is 0 Å². The van der Waals surface area contributed by atoms with E-state index in [4.69, 9.17) is 5.14 Å². The van der Waals surface area contributed by atoms with Crippen LogP contribution in [-0.4, -0.2) is 29.3 Å². The van der Waals surface area contributed by atoms with Crippen molar-refractivity contribution in [2.45, 2.75) is 36.8 Å². The van der Waals surface area contributed by atoms with Crippen LogP contribution in [0.4, 0.5) is 13.2 Å². The van der Waals surface area contributed by atoms with Gasteiger partial charge in [0.15, 0.2) is 5.69 Å². The third-order valence-electron chi connectivity index (χ3n) is 4.20. The van der Waals surface area contributed by atoms with Gasteiger partial charge in [-0.25, -0.2) is 23.0 Å². The van der Waals surface area contributed by atoms with Gasteiger partial charge in [-0.2, -0.15) is 18.3 Å². The first kappa shape index (κ1) is 18.4. The van der Waals surface area contributed by atoms with Crippen molar-refractivity contribution in [3.63, 3.8) is 0 Å². The second-order valence-corrected chi connectivity index (χ2v) is 7.48. The zero-order valence-electron chi connectivity index (χ0n) is 13.2. The number of fused-ring (bicyclic) bond motifs is 1. The molecular formula is C15H14F3N3O4S. The molecule has 26 heavy (non-hydrogen) atoms. The second kappa shape index (κ2) is 6.09. The first-order valence-corrected chi connectivity index (χ1v) is 9.13. The van der Waals surface area contributed by atoms with E-state index in [0.717, 1.165) is 22.9 Å². The van der Waals surface area contributed by atoms with Crippen LogP contribution in [0.2, 0.25) is 0 Å². The van der Waals surface area contributed by atoms with E-state index in [1.54, 1.807) is 0 Å². The number of nitrogens with zero attached hydrogens (tertiary/aromatic N) is 2. The molecule has 0 fully saturated rings. The molecular weight excluding hydrogens is 375 g/mol. The van der Waals surface area contributed by atoms with Crippen LogP contribution >= 0.6 is 0 Å². The summed E-state index contributed by atoms with van der Waals surface area (Å²) < 4.78 is 63.7. The smallest absolute Gasteiger partial charge is 0.435 e. The van der Waals surface area contributed by atoms with Gasteiger partial charge in [-0.1, -0.05) is 0 Å². The summed E-state index contributed by atoms with van der Waals surface area (Å²) in [5.41, 5.74) is -1.34. The molecule has 7 nitrogen and oxygen atoms in total. The van der Waals surface area contributed by atoms with Gasteiger partial charge in [0.2, 0.25) is 10.0 Å². The Bertz CT molecular complexity index is 996. The minimum absolute atomic E-state index is 0.0515. The predicted molar refractivity (Wildman–Crippen MR) is 83.5 cm³/mol. The highest BCUT2D eigenvalue weighted by Crippen LogP contribution is 2.37.